The molecule has 0 aliphatic heterocycles. The van der Waals surface area contributed by atoms with Gasteiger partial charge in [0.2, 0.25) is 0 Å². The van der Waals surface area contributed by atoms with E-state index in [-0.39, 0.29) is 27.9 Å². The molecular weight excluding hydrogens is 459 g/mol. The van der Waals surface area contributed by atoms with Crippen LogP contribution in [0.1, 0.15) is 12.5 Å². The van der Waals surface area contributed by atoms with Gasteiger partial charge in [-0.25, -0.2) is 18.4 Å². The van der Waals surface area contributed by atoms with Crippen LogP contribution in [0.15, 0.2) is 59.8 Å². The molecule has 0 unspecified atom stereocenters. The van der Waals surface area contributed by atoms with Gasteiger partial charge in [-0.1, -0.05) is 6.92 Å². The zero-order chi connectivity index (χ0) is 24.1. The van der Waals surface area contributed by atoms with E-state index in [1.54, 1.807) is 24.3 Å². The molecule has 0 amide bonds. The van der Waals surface area contributed by atoms with Crippen molar-refractivity contribution >= 4 is 32.8 Å². The molecule has 0 aliphatic carbocycles. The molecule has 0 radical (unpaired) electrons. The smallest absolute Gasteiger partial charge is 0.422 e. The fraction of sp³-hybridized carbons (Fsp3) is 0.190. The van der Waals surface area contributed by atoms with Crippen molar-refractivity contribution in [2.24, 2.45) is 0 Å². The topological polar surface area (TPSA) is 117 Å². The van der Waals surface area contributed by atoms with Crippen LogP contribution in [0.3, 0.4) is 0 Å². The highest BCUT2D eigenvalue weighted by molar-refractivity contribution is 7.91. The lowest BCUT2D eigenvalue weighted by atomic mass is 10.2. The lowest BCUT2D eigenvalue weighted by molar-refractivity contribution is -0.153. The third-order valence-electron chi connectivity index (χ3n) is 4.30. The van der Waals surface area contributed by atoms with Gasteiger partial charge in [-0.05, 0) is 42.5 Å². The Morgan fingerprint density at radius 2 is 1.70 bits per heavy atom. The minimum Gasteiger partial charge on any atom is -0.482 e. The van der Waals surface area contributed by atoms with Gasteiger partial charge >= 0.3 is 6.18 Å². The second-order valence-electron chi connectivity index (χ2n) is 6.69. The number of sulfone groups is 1. The maximum Gasteiger partial charge on any atom is 0.422 e. The van der Waals surface area contributed by atoms with E-state index < -0.39 is 22.6 Å². The van der Waals surface area contributed by atoms with Gasteiger partial charge in [-0.15, -0.1) is 0 Å². The molecule has 3 rings (SSSR count). The molecule has 2 aromatic carbocycles. The Hall–Kier alpha value is -3.85. The van der Waals surface area contributed by atoms with Crippen LogP contribution in [0.25, 0.3) is 0 Å². The zero-order valence-electron chi connectivity index (χ0n) is 17.2. The van der Waals surface area contributed by atoms with E-state index in [2.05, 4.69) is 20.6 Å². The van der Waals surface area contributed by atoms with E-state index in [4.69, 9.17) is 10.00 Å². The van der Waals surface area contributed by atoms with E-state index in [0.29, 0.717) is 17.1 Å². The molecule has 2 N–H and O–H groups in total. The summed E-state index contributed by atoms with van der Waals surface area (Å²) in [6.45, 7) is -0.0845. The number of halogens is 3. The number of hydrogen-bond acceptors (Lipinski definition) is 8. The molecule has 33 heavy (non-hydrogen) atoms. The first-order valence-corrected chi connectivity index (χ1v) is 11.2. The Balaban J connectivity index is 1.89. The molecule has 1 heterocycles. The van der Waals surface area contributed by atoms with Crippen LogP contribution in [-0.2, 0) is 9.84 Å². The number of hydrogen-bond donors (Lipinski definition) is 2. The van der Waals surface area contributed by atoms with Crippen molar-refractivity contribution in [2.45, 2.75) is 18.0 Å². The van der Waals surface area contributed by atoms with E-state index in [1.165, 1.54) is 31.5 Å². The Bertz CT molecular complexity index is 1270. The monoisotopic (exact) mass is 477 g/mol. The third kappa shape index (κ3) is 6.56. The first-order chi connectivity index (χ1) is 15.6. The number of anilines is 4. The fourth-order valence-corrected chi connectivity index (χ4v) is 3.57. The van der Waals surface area contributed by atoms with Crippen molar-refractivity contribution in [3.05, 3.63) is 60.4 Å². The number of aromatic nitrogens is 2. The molecule has 0 fully saturated rings. The van der Waals surface area contributed by atoms with E-state index >= 15 is 0 Å². The number of rotatable bonds is 8. The van der Waals surface area contributed by atoms with Crippen molar-refractivity contribution in [1.29, 1.82) is 5.26 Å². The number of alkyl halides is 3. The number of nitriles is 1. The van der Waals surface area contributed by atoms with Gasteiger partial charge in [0.15, 0.2) is 16.4 Å². The minimum absolute atomic E-state index is 0.00296. The fourth-order valence-electron chi connectivity index (χ4n) is 2.66. The summed E-state index contributed by atoms with van der Waals surface area (Å²) < 4.78 is 67.2. The lowest BCUT2D eigenvalue weighted by Crippen LogP contribution is -2.19. The summed E-state index contributed by atoms with van der Waals surface area (Å²) in [6.07, 6.45) is -3.35. The average Bonchev–Trinajstić information content (AvgIpc) is 2.78. The summed E-state index contributed by atoms with van der Waals surface area (Å²) in [5, 5.41) is 14.7. The zero-order valence-corrected chi connectivity index (χ0v) is 18.0. The van der Waals surface area contributed by atoms with Crippen molar-refractivity contribution < 1.29 is 26.3 Å². The Morgan fingerprint density at radius 3 is 2.30 bits per heavy atom. The highest BCUT2D eigenvalue weighted by Gasteiger charge is 2.29. The van der Waals surface area contributed by atoms with Gasteiger partial charge in [-0.3, -0.25) is 0 Å². The summed E-state index contributed by atoms with van der Waals surface area (Å²) >= 11 is 0. The minimum atomic E-state index is -4.57. The van der Waals surface area contributed by atoms with Crippen LogP contribution < -0.4 is 15.4 Å². The first kappa shape index (κ1) is 23.8. The van der Waals surface area contributed by atoms with Gasteiger partial charge < -0.3 is 15.4 Å². The first-order valence-electron chi connectivity index (χ1n) is 9.52. The van der Waals surface area contributed by atoms with Crippen LogP contribution in [0, 0.1) is 11.3 Å². The number of nitrogens with one attached hydrogen (secondary N) is 2. The number of ether oxygens (including phenoxy) is 1. The van der Waals surface area contributed by atoms with E-state index in [0.717, 1.165) is 6.07 Å². The summed E-state index contributed by atoms with van der Waals surface area (Å²) in [5.74, 6) is 0.167. The molecule has 12 heteroatoms. The van der Waals surface area contributed by atoms with Gasteiger partial charge in [-0.2, -0.15) is 18.4 Å². The van der Waals surface area contributed by atoms with Gasteiger partial charge in [0.25, 0.3) is 0 Å². The maximum atomic E-state index is 12.6. The number of benzene rings is 2. The Kier molecular flexibility index (Phi) is 7.03. The predicted octanol–water partition coefficient (Wildman–Crippen LogP) is 4.57. The number of nitrogens with zero attached hydrogens (tertiary/aromatic N) is 3. The van der Waals surface area contributed by atoms with Crippen molar-refractivity contribution in [2.75, 3.05) is 23.0 Å². The predicted molar refractivity (Wildman–Crippen MR) is 115 cm³/mol. The standard InChI is InChI=1S/C21H18F3N5O3S/c1-2-33(30,31)16-7-8-18(32-12-21(22,23)24)17(9-16)29-20-10-19(26-13-27-20)28-15-5-3-14(11-25)4-6-15/h3-10,13H,2,12H2,1H3,(H2,26,27,28,29). The molecule has 0 spiro atoms. The SMILES string of the molecule is CCS(=O)(=O)c1ccc(OCC(F)(F)F)c(Nc2cc(Nc3ccc(C#N)cc3)ncn2)c1. The van der Waals surface area contributed by atoms with Crippen LogP contribution in [0.2, 0.25) is 0 Å². The van der Waals surface area contributed by atoms with Crippen molar-refractivity contribution in [3.63, 3.8) is 0 Å². The summed E-state index contributed by atoms with van der Waals surface area (Å²) in [5.41, 5.74) is 1.12. The molecule has 1 aromatic heterocycles. The molecule has 0 saturated carbocycles. The second kappa shape index (κ2) is 9.74. The Labute approximate surface area is 188 Å². The van der Waals surface area contributed by atoms with E-state index in [1.807, 2.05) is 6.07 Å². The molecule has 172 valence electrons. The van der Waals surface area contributed by atoms with Gasteiger partial charge in [0.1, 0.15) is 23.7 Å². The normalized spacial score (nSPS) is 11.5. The largest absolute Gasteiger partial charge is 0.482 e. The highest BCUT2D eigenvalue weighted by atomic mass is 32.2. The molecule has 0 bridgehead atoms. The molecule has 0 atom stereocenters. The molecule has 0 aliphatic rings. The molecule has 3 aromatic rings. The summed E-state index contributed by atoms with van der Waals surface area (Å²) in [4.78, 5) is 8.04. The maximum absolute atomic E-state index is 12.6. The lowest BCUT2D eigenvalue weighted by Gasteiger charge is -2.16. The van der Waals surface area contributed by atoms with Crippen molar-refractivity contribution in [1.82, 2.24) is 9.97 Å². The van der Waals surface area contributed by atoms with Crippen molar-refractivity contribution in [3.8, 4) is 11.8 Å². The third-order valence-corrected chi connectivity index (χ3v) is 6.03. The average molecular weight is 477 g/mol. The second-order valence-corrected chi connectivity index (χ2v) is 8.97. The quantitative estimate of drug-likeness (QED) is 0.485. The van der Waals surface area contributed by atoms with Crippen LogP contribution >= 0.6 is 0 Å². The van der Waals surface area contributed by atoms with Gasteiger partial charge in [0.05, 0.1) is 28.0 Å². The molecule has 8 nitrogen and oxygen atoms in total. The molecular formula is C21H18F3N5O3S. The Morgan fingerprint density at radius 1 is 1.03 bits per heavy atom. The van der Waals surface area contributed by atoms with Gasteiger partial charge in [0, 0.05) is 11.8 Å². The molecule has 0 saturated heterocycles. The van der Waals surface area contributed by atoms with Crippen LogP contribution in [0.4, 0.5) is 36.2 Å². The summed E-state index contributed by atoms with van der Waals surface area (Å²) in [7, 11) is -3.61. The van der Waals surface area contributed by atoms with Crippen LogP contribution in [-0.4, -0.2) is 36.9 Å². The summed E-state index contributed by atoms with van der Waals surface area (Å²) in [6, 6.07) is 13.6. The van der Waals surface area contributed by atoms with Crippen LogP contribution in [0.5, 0.6) is 5.75 Å². The highest BCUT2D eigenvalue weighted by Crippen LogP contribution is 2.32. The van der Waals surface area contributed by atoms with E-state index in [9.17, 15) is 21.6 Å².